The summed E-state index contributed by atoms with van der Waals surface area (Å²) in [6.45, 7) is 11.3. The van der Waals surface area contributed by atoms with Crippen molar-refractivity contribution >= 4 is 17.9 Å². The Bertz CT molecular complexity index is 502. The minimum absolute atomic E-state index is 0.212. The minimum Gasteiger partial charge on any atom is -0.444 e. The van der Waals surface area contributed by atoms with E-state index in [4.69, 9.17) is 4.74 Å². The summed E-state index contributed by atoms with van der Waals surface area (Å²) in [6.07, 6.45) is 1.67. The molecule has 0 unspecified atom stereocenters. The number of hydrogen-bond donors (Lipinski definition) is 1. The lowest BCUT2D eigenvalue weighted by molar-refractivity contribution is 0.0219. The number of hydrogen-bond acceptors (Lipinski definition) is 5. The summed E-state index contributed by atoms with van der Waals surface area (Å²) in [5.74, 6) is 1.28. The van der Waals surface area contributed by atoms with E-state index in [2.05, 4.69) is 29.0 Å². The lowest BCUT2D eigenvalue weighted by Crippen LogP contribution is -2.42. The molecular weight excluding hydrogens is 300 g/mol. The maximum atomic E-state index is 12.0. The number of carbonyl (C=O) groups excluding carboxylic acids is 1. The van der Waals surface area contributed by atoms with E-state index in [1.54, 1.807) is 16.7 Å². The van der Waals surface area contributed by atoms with Gasteiger partial charge in [-0.2, -0.15) is 0 Å². The minimum atomic E-state index is -0.436. The highest BCUT2D eigenvalue weighted by molar-refractivity contribution is 7.99. The first kappa shape index (κ1) is 17.1. The third kappa shape index (κ3) is 4.90. The average Bonchev–Trinajstić information content (AvgIpc) is 2.86. The Labute approximate surface area is 136 Å². The van der Waals surface area contributed by atoms with Crippen molar-refractivity contribution in [3.63, 3.8) is 0 Å². The van der Waals surface area contributed by atoms with E-state index in [9.17, 15) is 4.79 Å². The predicted molar refractivity (Wildman–Crippen MR) is 87.2 cm³/mol. The van der Waals surface area contributed by atoms with E-state index in [1.807, 2.05) is 20.8 Å². The Kier molecular flexibility index (Phi) is 5.36. The van der Waals surface area contributed by atoms with E-state index < -0.39 is 5.60 Å². The smallest absolute Gasteiger partial charge is 0.410 e. The monoisotopic (exact) mass is 326 g/mol. The molecule has 7 heteroatoms. The lowest BCUT2D eigenvalue weighted by Gasteiger charge is -2.32. The number of H-pyrrole nitrogens is 1. The fraction of sp³-hybridized carbons (Fsp3) is 0.800. The summed E-state index contributed by atoms with van der Waals surface area (Å²) in [7, 11) is 0. The van der Waals surface area contributed by atoms with Gasteiger partial charge in [-0.25, -0.2) is 9.78 Å². The van der Waals surface area contributed by atoms with Crippen molar-refractivity contribution in [3.05, 3.63) is 5.82 Å². The number of piperidine rings is 1. The number of amides is 1. The third-order valence-corrected chi connectivity index (χ3v) is 4.59. The Morgan fingerprint density at radius 3 is 2.50 bits per heavy atom. The van der Waals surface area contributed by atoms with E-state index in [1.165, 1.54) is 0 Å². The number of thioether (sulfide) groups is 1. The van der Waals surface area contributed by atoms with Crippen LogP contribution in [0, 0.1) is 0 Å². The largest absolute Gasteiger partial charge is 0.444 e. The standard InChI is InChI=1S/C15H26N4O2S/c1-10(2)12-16-13(18-17-12)22-11-6-8-19(9-7-11)14(20)21-15(3,4)5/h10-11H,6-9H2,1-5H3,(H,16,17,18). The van der Waals surface area contributed by atoms with Gasteiger partial charge in [-0.15, -0.1) is 5.10 Å². The molecule has 124 valence electrons. The summed E-state index contributed by atoms with van der Waals surface area (Å²) in [5, 5.41) is 8.50. The molecule has 2 heterocycles. The van der Waals surface area contributed by atoms with Gasteiger partial charge in [0.25, 0.3) is 0 Å². The summed E-state index contributed by atoms with van der Waals surface area (Å²) >= 11 is 1.70. The number of carbonyl (C=O) groups is 1. The first-order chi connectivity index (χ1) is 10.2. The quantitative estimate of drug-likeness (QED) is 0.921. The van der Waals surface area contributed by atoms with Crippen molar-refractivity contribution in [1.82, 2.24) is 20.1 Å². The number of nitrogens with one attached hydrogen (secondary N) is 1. The van der Waals surface area contributed by atoms with Gasteiger partial charge in [-0.05, 0) is 33.6 Å². The van der Waals surface area contributed by atoms with Gasteiger partial charge in [0.1, 0.15) is 11.4 Å². The molecule has 1 aromatic rings. The Hall–Kier alpha value is -1.24. The molecule has 1 aliphatic rings. The van der Waals surface area contributed by atoms with Crippen molar-refractivity contribution in [2.24, 2.45) is 0 Å². The Morgan fingerprint density at radius 2 is 2.00 bits per heavy atom. The molecule has 1 saturated heterocycles. The first-order valence-corrected chi connectivity index (χ1v) is 8.69. The van der Waals surface area contributed by atoms with Crippen molar-refractivity contribution < 1.29 is 9.53 Å². The molecule has 0 radical (unpaired) electrons. The van der Waals surface area contributed by atoms with E-state index in [0.29, 0.717) is 11.2 Å². The molecule has 0 spiro atoms. The van der Waals surface area contributed by atoms with Crippen LogP contribution in [0.3, 0.4) is 0 Å². The number of aromatic amines is 1. The molecule has 22 heavy (non-hydrogen) atoms. The maximum Gasteiger partial charge on any atom is 0.410 e. The Morgan fingerprint density at radius 1 is 1.36 bits per heavy atom. The number of likely N-dealkylation sites (tertiary alicyclic amines) is 1. The van der Waals surface area contributed by atoms with Crippen LogP contribution in [0.4, 0.5) is 4.79 Å². The van der Waals surface area contributed by atoms with Crippen LogP contribution < -0.4 is 0 Å². The molecule has 0 aliphatic carbocycles. The van der Waals surface area contributed by atoms with Gasteiger partial charge in [0.05, 0.1) is 0 Å². The van der Waals surface area contributed by atoms with Crippen molar-refractivity contribution in [1.29, 1.82) is 0 Å². The second-order valence-electron chi connectivity index (χ2n) is 6.94. The molecular formula is C15H26N4O2S. The molecule has 1 N–H and O–H groups in total. The van der Waals surface area contributed by atoms with Crippen LogP contribution >= 0.6 is 11.8 Å². The molecule has 0 atom stereocenters. The highest BCUT2D eigenvalue weighted by Crippen LogP contribution is 2.29. The van der Waals surface area contributed by atoms with E-state index in [0.717, 1.165) is 36.9 Å². The van der Waals surface area contributed by atoms with Crippen LogP contribution in [0.25, 0.3) is 0 Å². The lowest BCUT2D eigenvalue weighted by atomic mass is 10.1. The molecule has 1 fully saturated rings. The topological polar surface area (TPSA) is 71.1 Å². The van der Waals surface area contributed by atoms with Gasteiger partial charge < -0.3 is 9.64 Å². The highest BCUT2D eigenvalue weighted by Gasteiger charge is 2.27. The van der Waals surface area contributed by atoms with Crippen molar-refractivity contribution in [3.8, 4) is 0 Å². The summed E-state index contributed by atoms with van der Waals surface area (Å²) in [4.78, 5) is 18.3. The van der Waals surface area contributed by atoms with Crippen molar-refractivity contribution in [2.45, 2.75) is 69.4 Å². The molecule has 1 aliphatic heterocycles. The van der Waals surface area contributed by atoms with Gasteiger partial charge in [-0.1, -0.05) is 25.6 Å². The maximum absolute atomic E-state index is 12.0. The zero-order valence-electron chi connectivity index (χ0n) is 14.0. The number of nitrogens with zero attached hydrogens (tertiary/aromatic N) is 3. The first-order valence-electron chi connectivity index (χ1n) is 7.81. The van der Waals surface area contributed by atoms with Crippen LogP contribution in [0.1, 0.15) is 59.2 Å². The van der Waals surface area contributed by atoms with Gasteiger partial charge in [0, 0.05) is 24.3 Å². The van der Waals surface area contributed by atoms with E-state index >= 15 is 0 Å². The van der Waals surface area contributed by atoms with Crippen molar-refractivity contribution in [2.75, 3.05) is 13.1 Å². The number of rotatable bonds is 3. The molecule has 0 saturated carbocycles. The molecule has 0 aromatic carbocycles. The molecule has 2 rings (SSSR count). The predicted octanol–water partition coefficient (Wildman–Crippen LogP) is 3.42. The van der Waals surface area contributed by atoms with Gasteiger partial charge in [0.2, 0.25) is 5.16 Å². The van der Waals surface area contributed by atoms with Crippen LogP contribution in [0.5, 0.6) is 0 Å². The van der Waals surface area contributed by atoms with Crippen LogP contribution in [0.15, 0.2) is 5.16 Å². The summed E-state index contributed by atoms with van der Waals surface area (Å²) in [6, 6.07) is 0. The number of ether oxygens (including phenoxy) is 1. The second kappa shape index (κ2) is 6.89. The van der Waals surface area contributed by atoms with Crippen LogP contribution in [-0.2, 0) is 4.74 Å². The summed E-state index contributed by atoms with van der Waals surface area (Å²) < 4.78 is 5.41. The van der Waals surface area contributed by atoms with E-state index in [-0.39, 0.29) is 6.09 Å². The van der Waals surface area contributed by atoms with Gasteiger partial charge in [0.15, 0.2) is 0 Å². The van der Waals surface area contributed by atoms with Crippen LogP contribution in [0.2, 0.25) is 0 Å². The van der Waals surface area contributed by atoms with Crippen LogP contribution in [-0.4, -0.2) is 50.1 Å². The molecule has 6 nitrogen and oxygen atoms in total. The fourth-order valence-electron chi connectivity index (χ4n) is 2.20. The van der Waals surface area contributed by atoms with Gasteiger partial charge in [-0.3, -0.25) is 5.10 Å². The molecule has 0 bridgehead atoms. The zero-order valence-corrected chi connectivity index (χ0v) is 14.9. The molecule has 1 aromatic heterocycles. The number of aromatic nitrogens is 3. The zero-order chi connectivity index (χ0) is 16.3. The highest BCUT2D eigenvalue weighted by atomic mass is 32.2. The second-order valence-corrected chi connectivity index (χ2v) is 8.21. The average molecular weight is 326 g/mol. The fourth-order valence-corrected chi connectivity index (χ4v) is 3.19. The molecule has 1 amide bonds. The van der Waals surface area contributed by atoms with Gasteiger partial charge >= 0.3 is 6.09 Å². The SMILES string of the molecule is CC(C)c1nc(SC2CCN(C(=O)OC(C)(C)C)CC2)n[nH]1. The third-order valence-electron chi connectivity index (χ3n) is 3.39. The Balaban J connectivity index is 1.80. The summed E-state index contributed by atoms with van der Waals surface area (Å²) in [5.41, 5.74) is -0.436. The normalized spacial score (nSPS) is 17.1.